The standard InChI is InChI=1S/C21H19N5O2/c1-12-4-5-15(25-20(27)19-22-6-7-23-19)10-16(12)17-9-14-11-24-13(2)8-18(14)26(3)21(17)28/h4-11H,1-3H3,(H,22,23)(H,25,27). The van der Waals surface area contributed by atoms with E-state index in [4.69, 9.17) is 0 Å². The Balaban J connectivity index is 1.81. The van der Waals surface area contributed by atoms with Crippen LogP contribution in [-0.4, -0.2) is 25.4 Å². The quantitative estimate of drug-likeness (QED) is 0.577. The number of hydrogen-bond acceptors (Lipinski definition) is 4. The van der Waals surface area contributed by atoms with Gasteiger partial charge < -0.3 is 14.9 Å². The first-order valence-electron chi connectivity index (χ1n) is 8.82. The number of aromatic amines is 1. The molecule has 0 radical (unpaired) electrons. The minimum atomic E-state index is -0.342. The minimum Gasteiger partial charge on any atom is -0.341 e. The van der Waals surface area contributed by atoms with Crippen molar-refractivity contribution in [3.05, 3.63) is 76.4 Å². The van der Waals surface area contributed by atoms with Crippen molar-refractivity contribution in [2.24, 2.45) is 7.05 Å². The molecule has 0 bridgehead atoms. The lowest BCUT2D eigenvalue weighted by molar-refractivity contribution is 0.101. The van der Waals surface area contributed by atoms with Gasteiger partial charge in [-0.15, -0.1) is 0 Å². The molecule has 7 nitrogen and oxygen atoms in total. The Kier molecular flexibility index (Phi) is 4.27. The highest BCUT2D eigenvalue weighted by atomic mass is 16.2. The van der Waals surface area contributed by atoms with Crippen LogP contribution in [0.3, 0.4) is 0 Å². The normalized spacial score (nSPS) is 11.0. The lowest BCUT2D eigenvalue weighted by Gasteiger charge is -2.13. The van der Waals surface area contributed by atoms with Gasteiger partial charge in [-0.3, -0.25) is 14.6 Å². The molecule has 0 unspecified atom stereocenters. The number of aromatic nitrogens is 4. The van der Waals surface area contributed by atoms with E-state index in [0.29, 0.717) is 11.3 Å². The molecule has 2 N–H and O–H groups in total. The van der Waals surface area contributed by atoms with E-state index in [-0.39, 0.29) is 17.3 Å². The van der Waals surface area contributed by atoms with Gasteiger partial charge >= 0.3 is 0 Å². The molecule has 3 heterocycles. The van der Waals surface area contributed by atoms with Crippen LogP contribution in [0.5, 0.6) is 0 Å². The van der Waals surface area contributed by atoms with E-state index in [1.807, 2.05) is 32.0 Å². The third kappa shape index (κ3) is 3.07. The van der Waals surface area contributed by atoms with Crippen molar-refractivity contribution in [3.63, 3.8) is 0 Å². The highest BCUT2D eigenvalue weighted by Gasteiger charge is 2.14. The number of nitrogens with zero attached hydrogens (tertiary/aromatic N) is 3. The Bertz CT molecular complexity index is 1260. The summed E-state index contributed by atoms with van der Waals surface area (Å²) in [7, 11) is 1.76. The molecule has 140 valence electrons. The summed E-state index contributed by atoms with van der Waals surface area (Å²) in [6, 6.07) is 9.23. The number of aryl methyl sites for hydroxylation is 3. The number of anilines is 1. The van der Waals surface area contributed by atoms with Gasteiger partial charge in [-0.1, -0.05) is 6.07 Å². The number of fused-ring (bicyclic) bond motifs is 1. The lowest BCUT2D eigenvalue weighted by atomic mass is 9.99. The van der Waals surface area contributed by atoms with Crippen molar-refractivity contribution in [2.75, 3.05) is 5.32 Å². The Morgan fingerprint density at radius 3 is 2.68 bits per heavy atom. The van der Waals surface area contributed by atoms with E-state index < -0.39 is 0 Å². The number of nitrogens with one attached hydrogen (secondary N) is 2. The van der Waals surface area contributed by atoms with Crippen LogP contribution in [0.25, 0.3) is 22.0 Å². The van der Waals surface area contributed by atoms with Crippen LogP contribution in [0, 0.1) is 13.8 Å². The van der Waals surface area contributed by atoms with E-state index in [0.717, 1.165) is 27.7 Å². The van der Waals surface area contributed by atoms with Gasteiger partial charge in [-0.05, 0) is 49.2 Å². The summed E-state index contributed by atoms with van der Waals surface area (Å²) >= 11 is 0. The van der Waals surface area contributed by atoms with Gasteiger partial charge in [0.25, 0.3) is 11.5 Å². The number of pyridine rings is 2. The molecule has 0 aliphatic carbocycles. The number of benzene rings is 1. The van der Waals surface area contributed by atoms with Gasteiger partial charge in [-0.25, -0.2) is 4.98 Å². The summed E-state index contributed by atoms with van der Waals surface area (Å²) in [6.45, 7) is 3.83. The van der Waals surface area contributed by atoms with E-state index in [1.54, 1.807) is 36.1 Å². The Labute approximate surface area is 161 Å². The van der Waals surface area contributed by atoms with Gasteiger partial charge in [0.2, 0.25) is 0 Å². The predicted octanol–water partition coefficient (Wildman–Crippen LogP) is 3.19. The third-order valence-electron chi connectivity index (χ3n) is 4.74. The lowest BCUT2D eigenvalue weighted by Crippen LogP contribution is -2.19. The average molecular weight is 373 g/mol. The SMILES string of the molecule is Cc1cc2c(cn1)cc(-c1cc(NC(=O)c3ncc[nH]3)ccc1C)c(=O)n2C. The maximum Gasteiger partial charge on any atom is 0.291 e. The topological polar surface area (TPSA) is 92.7 Å². The Morgan fingerprint density at radius 2 is 1.93 bits per heavy atom. The summed E-state index contributed by atoms with van der Waals surface area (Å²) in [4.78, 5) is 36.3. The predicted molar refractivity (Wildman–Crippen MR) is 108 cm³/mol. The summed E-state index contributed by atoms with van der Waals surface area (Å²) in [5.74, 6) is -0.115. The molecule has 7 heteroatoms. The molecule has 4 rings (SSSR count). The van der Waals surface area contributed by atoms with Crippen molar-refractivity contribution in [1.29, 1.82) is 0 Å². The number of hydrogen-bond donors (Lipinski definition) is 2. The molecule has 4 aromatic rings. The van der Waals surface area contributed by atoms with Gasteiger partial charge in [0, 0.05) is 48.0 Å². The molecule has 0 atom stereocenters. The molecule has 0 spiro atoms. The molecular weight excluding hydrogens is 354 g/mol. The van der Waals surface area contributed by atoms with E-state index >= 15 is 0 Å². The first-order valence-corrected chi connectivity index (χ1v) is 8.82. The molecule has 0 saturated heterocycles. The van der Waals surface area contributed by atoms with E-state index in [2.05, 4.69) is 20.3 Å². The fraction of sp³-hybridized carbons (Fsp3) is 0.143. The largest absolute Gasteiger partial charge is 0.341 e. The first-order chi connectivity index (χ1) is 13.4. The zero-order valence-corrected chi connectivity index (χ0v) is 15.8. The van der Waals surface area contributed by atoms with Crippen molar-refractivity contribution in [2.45, 2.75) is 13.8 Å². The highest BCUT2D eigenvalue weighted by molar-refractivity contribution is 6.02. The Morgan fingerprint density at radius 1 is 1.11 bits per heavy atom. The summed E-state index contributed by atoms with van der Waals surface area (Å²) in [5.41, 5.74) is 4.44. The monoisotopic (exact) mass is 373 g/mol. The van der Waals surface area contributed by atoms with Gasteiger partial charge in [0.05, 0.1) is 5.52 Å². The van der Waals surface area contributed by atoms with Crippen molar-refractivity contribution in [3.8, 4) is 11.1 Å². The molecular formula is C21H19N5O2. The second kappa shape index (κ2) is 6.77. The summed E-state index contributed by atoms with van der Waals surface area (Å²) < 4.78 is 1.63. The van der Waals surface area contributed by atoms with Gasteiger partial charge in [0.1, 0.15) is 0 Å². The fourth-order valence-corrected chi connectivity index (χ4v) is 3.23. The molecule has 1 aromatic carbocycles. The van der Waals surface area contributed by atoms with Crippen molar-refractivity contribution < 1.29 is 4.79 Å². The van der Waals surface area contributed by atoms with Crippen LogP contribution in [0.15, 0.2) is 53.7 Å². The number of H-pyrrole nitrogens is 1. The average Bonchev–Trinajstić information content (AvgIpc) is 3.22. The first kappa shape index (κ1) is 17.7. The number of carbonyl (C=O) groups is 1. The number of carbonyl (C=O) groups excluding carboxylic acids is 1. The van der Waals surface area contributed by atoms with Crippen molar-refractivity contribution in [1.82, 2.24) is 19.5 Å². The van der Waals surface area contributed by atoms with Gasteiger partial charge in [0.15, 0.2) is 5.82 Å². The van der Waals surface area contributed by atoms with Crippen LogP contribution in [0.1, 0.15) is 21.9 Å². The molecule has 0 aliphatic heterocycles. The van der Waals surface area contributed by atoms with E-state index in [9.17, 15) is 9.59 Å². The maximum atomic E-state index is 13.0. The highest BCUT2D eigenvalue weighted by Crippen LogP contribution is 2.27. The van der Waals surface area contributed by atoms with Crippen LogP contribution < -0.4 is 10.9 Å². The zero-order chi connectivity index (χ0) is 19.8. The van der Waals surface area contributed by atoms with Crippen LogP contribution in [0.4, 0.5) is 5.69 Å². The van der Waals surface area contributed by atoms with Crippen LogP contribution in [-0.2, 0) is 7.05 Å². The second-order valence-corrected chi connectivity index (χ2v) is 6.73. The maximum absolute atomic E-state index is 13.0. The van der Waals surface area contributed by atoms with Crippen molar-refractivity contribution >= 4 is 22.5 Å². The molecule has 28 heavy (non-hydrogen) atoms. The summed E-state index contributed by atoms with van der Waals surface area (Å²) in [5, 5.41) is 3.69. The molecule has 0 saturated carbocycles. The molecule has 3 aromatic heterocycles. The van der Waals surface area contributed by atoms with Crippen LogP contribution >= 0.6 is 0 Å². The second-order valence-electron chi connectivity index (χ2n) is 6.73. The fourth-order valence-electron chi connectivity index (χ4n) is 3.23. The summed E-state index contributed by atoms with van der Waals surface area (Å²) in [6.07, 6.45) is 4.87. The van der Waals surface area contributed by atoms with Gasteiger partial charge in [-0.2, -0.15) is 0 Å². The minimum absolute atomic E-state index is 0.101. The zero-order valence-electron chi connectivity index (χ0n) is 15.8. The number of imidazole rings is 1. The Hall–Kier alpha value is -3.74. The van der Waals surface area contributed by atoms with Crippen LogP contribution in [0.2, 0.25) is 0 Å². The smallest absolute Gasteiger partial charge is 0.291 e. The number of rotatable bonds is 3. The van der Waals surface area contributed by atoms with E-state index in [1.165, 1.54) is 6.20 Å². The third-order valence-corrected chi connectivity index (χ3v) is 4.74. The number of amides is 1. The molecule has 0 aliphatic rings. The molecule has 1 amide bonds. The molecule has 0 fully saturated rings.